The first-order valence-corrected chi connectivity index (χ1v) is 7.10. The van der Waals surface area contributed by atoms with Crippen molar-refractivity contribution < 1.29 is 4.79 Å². The number of hydrogen-bond donors (Lipinski definition) is 1. The summed E-state index contributed by atoms with van der Waals surface area (Å²) in [6.07, 6.45) is 1.73. The molecule has 0 aliphatic carbocycles. The molecule has 1 aromatic carbocycles. The number of pyridine rings is 1. The summed E-state index contributed by atoms with van der Waals surface area (Å²) in [5.41, 5.74) is 7.68. The molecule has 0 spiro atoms. The zero-order valence-electron chi connectivity index (χ0n) is 10.9. The van der Waals surface area contributed by atoms with Crippen LogP contribution in [0, 0.1) is 0 Å². The number of rotatable bonds is 2. The van der Waals surface area contributed by atoms with Crippen LogP contribution in [-0.2, 0) is 0 Å². The van der Waals surface area contributed by atoms with Crippen molar-refractivity contribution >= 4 is 38.7 Å². The fourth-order valence-electron chi connectivity index (χ4n) is 2.53. The number of halogens is 1. The number of likely N-dealkylation sites (N-methyl/N-ethyl adjacent to an activating group) is 1. The average Bonchev–Trinajstić information content (AvgIpc) is 2.73. The van der Waals surface area contributed by atoms with E-state index in [1.54, 1.807) is 11.1 Å². The van der Waals surface area contributed by atoms with E-state index in [9.17, 15) is 4.79 Å². The van der Waals surface area contributed by atoms with Gasteiger partial charge in [-0.05, 0) is 19.1 Å². The Bertz CT molecular complexity index is 728. The second kappa shape index (κ2) is 4.86. The van der Waals surface area contributed by atoms with Crippen molar-refractivity contribution in [1.82, 2.24) is 9.88 Å². The van der Waals surface area contributed by atoms with Crippen LogP contribution in [0.2, 0.25) is 0 Å². The van der Waals surface area contributed by atoms with Gasteiger partial charge in [0.2, 0.25) is 0 Å². The molecule has 1 aliphatic heterocycles. The smallest absolute Gasteiger partial charge is 0.346 e. The number of amides is 2. The number of carbonyl (C=O) groups excluding carboxylic acids is 1. The first-order chi connectivity index (χ1) is 9.63. The average molecular weight is 333 g/mol. The minimum absolute atomic E-state index is 0.290. The van der Waals surface area contributed by atoms with Crippen LogP contribution >= 0.6 is 15.9 Å². The molecule has 102 valence electrons. The molecular weight excluding hydrogens is 320 g/mol. The summed E-state index contributed by atoms with van der Waals surface area (Å²) < 4.78 is 0.965. The summed E-state index contributed by atoms with van der Waals surface area (Å²) in [6, 6.07) is 7.12. The number of urea groups is 1. The van der Waals surface area contributed by atoms with Gasteiger partial charge in [-0.15, -0.1) is 0 Å². The molecule has 0 fully saturated rings. The molecule has 2 aromatic rings. The van der Waals surface area contributed by atoms with Gasteiger partial charge in [0.05, 0.1) is 5.52 Å². The van der Waals surface area contributed by atoms with Gasteiger partial charge in [-0.3, -0.25) is 4.98 Å². The first kappa shape index (κ1) is 13.1. The van der Waals surface area contributed by atoms with Gasteiger partial charge >= 0.3 is 6.03 Å². The van der Waals surface area contributed by atoms with Crippen LogP contribution in [0.5, 0.6) is 0 Å². The highest BCUT2D eigenvalue weighted by molar-refractivity contribution is 9.10. The standard InChI is InChI=1S/C14H13BrN4O/c1-2-19-12(13(16)18-14(19)20)9-5-6-10(15)8-4-3-7-17-11(8)9/h3-7,12H,2H2,1H3,(H2,16,18,20). The summed E-state index contributed by atoms with van der Waals surface area (Å²) in [5.74, 6) is 0.325. The summed E-state index contributed by atoms with van der Waals surface area (Å²) >= 11 is 3.52. The van der Waals surface area contributed by atoms with Crippen molar-refractivity contribution in [2.75, 3.05) is 6.54 Å². The summed E-state index contributed by atoms with van der Waals surface area (Å²) in [4.78, 5) is 21.8. The lowest BCUT2D eigenvalue weighted by Gasteiger charge is -2.23. The number of carbonyl (C=O) groups is 1. The Balaban J connectivity index is 2.23. The Morgan fingerprint density at radius 2 is 2.20 bits per heavy atom. The third kappa shape index (κ3) is 1.87. The van der Waals surface area contributed by atoms with Crippen LogP contribution in [0.4, 0.5) is 4.79 Å². The Hall–Kier alpha value is -1.95. The molecular formula is C14H13BrN4O. The fourth-order valence-corrected chi connectivity index (χ4v) is 2.98. The van der Waals surface area contributed by atoms with Crippen molar-refractivity contribution in [1.29, 1.82) is 0 Å². The Morgan fingerprint density at radius 3 is 2.95 bits per heavy atom. The SMILES string of the molecule is CCN1C(=O)N=C(N)C1c1ccc(Br)c2cccnc12. The van der Waals surface area contributed by atoms with Crippen molar-refractivity contribution in [2.24, 2.45) is 10.7 Å². The zero-order chi connectivity index (χ0) is 14.3. The third-order valence-electron chi connectivity index (χ3n) is 3.45. The number of nitrogens with two attached hydrogens (primary N) is 1. The number of nitrogens with zero attached hydrogens (tertiary/aromatic N) is 3. The van der Waals surface area contributed by atoms with Crippen LogP contribution in [-0.4, -0.2) is 28.3 Å². The van der Waals surface area contributed by atoms with Crippen molar-refractivity contribution in [2.45, 2.75) is 13.0 Å². The third-order valence-corrected chi connectivity index (χ3v) is 4.14. The van der Waals surface area contributed by atoms with Crippen molar-refractivity contribution in [3.8, 4) is 0 Å². The molecule has 2 heterocycles. The van der Waals surface area contributed by atoms with Gasteiger partial charge in [0.25, 0.3) is 0 Å². The van der Waals surface area contributed by atoms with Crippen LogP contribution < -0.4 is 5.73 Å². The number of benzene rings is 1. The molecule has 5 nitrogen and oxygen atoms in total. The molecule has 0 bridgehead atoms. The minimum atomic E-state index is -0.335. The number of amidine groups is 1. The van der Waals surface area contributed by atoms with Crippen LogP contribution in [0.15, 0.2) is 39.9 Å². The van der Waals surface area contributed by atoms with Crippen molar-refractivity contribution in [3.63, 3.8) is 0 Å². The predicted molar refractivity (Wildman–Crippen MR) is 81.6 cm³/mol. The molecule has 0 saturated carbocycles. The second-order valence-corrected chi connectivity index (χ2v) is 5.40. The quantitative estimate of drug-likeness (QED) is 0.919. The van der Waals surface area contributed by atoms with E-state index < -0.39 is 0 Å². The van der Waals surface area contributed by atoms with E-state index in [0.717, 1.165) is 20.9 Å². The fraction of sp³-hybridized carbons (Fsp3) is 0.214. The van der Waals surface area contributed by atoms with Crippen LogP contribution in [0.25, 0.3) is 10.9 Å². The molecule has 20 heavy (non-hydrogen) atoms. The first-order valence-electron chi connectivity index (χ1n) is 6.31. The lowest BCUT2D eigenvalue weighted by Crippen LogP contribution is -2.33. The van der Waals surface area contributed by atoms with Gasteiger partial charge in [-0.1, -0.05) is 28.1 Å². The summed E-state index contributed by atoms with van der Waals surface area (Å²) in [5, 5.41) is 0.994. The van der Waals surface area contributed by atoms with Gasteiger partial charge in [0, 0.05) is 28.2 Å². The molecule has 2 N–H and O–H groups in total. The number of aliphatic imine (C=N–C) groups is 1. The van der Waals surface area contributed by atoms with Gasteiger partial charge in [0.15, 0.2) is 0 Å². The van der Waals surface area contributed by atoms with Gasteiger partial charge in [-0.2, -0.15) is 4.99 Å². The van der Waals surface area contributed by atoms with Crippen LogP contribution in [0.3, 0.4) is 0 Å². The number of fused-ring (bicyclic) bond motifs is 1. The second-order valence-electron chi connectivity index (χ2n) is 4.54. The van der Waals surface area contributed by atoms with Crippen LogP contribution in [0.1, 0.15) is 18.5 Å². The van der Waals surface area contributed by atoms with E-state index in [4.69, 9.17) is 5.73 Å². The number of hydrogen-bond acceptors (Lipinski definition) is 3. The van der Waals surface area contributed by atoms with E-state index in [0.29, 0.717) is 12.4 Å². The monoisotopic (exact) mass is 332 g/mol. The molecule has 0 saturated heterocycles. The largest absolute Gasteiger partial charge is 0.385 e. The van der Waals surface area contributed by atoms with Gasteiger partial charge in [0.1, 0.15) is 11.9 Å². The van der Waals surface area contributed by atoms with Gasteiger partial charge in [-0.25, -0.2) is 4.79 Å². The molecule has 0 radical (unpaired) electrons. The molecule has 1 aromatic heterocycles. The van der Waals surface area contributed by atoms with E-state index in [1.165, 1.54) is 0 Å². The summed E-state index contributed by atoms with van der Waals surface area (Å²) in [6.45, 7) is 2.46. The molecule has 1 aliphatic rings. The lowest BCUT2D eigenvalue weighted by atomic mass is 10.0. The Kier molecular flexibility index (Phi) is 3.17. The molecule has 6 heteroatoms. The highest BCUT2D eigenvalue weighted by atomic mass is 79.9. The molecule has 3 rings (SSSR count). The van der Waals surface area contributed by atoms with Crippen molar-refractivity contribution in [3.05, 3.63) is 40.5 Å². The zero-order valence-corrected chi connectivity index (χ0v) is 12.5. The Morgan fingerprint density at radius 1 is 1.40 bits per heavy atom. The molecule has 1 atom stereocenters. The van der Waals surface area contributed by atoms with E-state index in [2.05, 4.69) is 25.9 Å². The highest BCUT2D eigenvalue weighted by Gasteiger charge is 2.34. The maximum Gasteiger partial charge on any atom is 0.346 e. The summed E-state index contributed by atoms with van der Waals surface area (Å²) in [7, 11) is 0. The lowest BCUT2D eigenvalue weighted by molar-refractivity contribution is 0.210. The van der Waals surface area contributed by atoms with E-state index in [1.807, 2.05) is 31.2 Å². The molecule has 2 amide bonds. The maximum absolute atomic E-state index is 11.8. The topological polar surface area (TPSA) is 71.6 Å². The number of aromatic nitrogens is 1. The minimum Gasteiger partial charge on any atom is -0.385 e. The van der Waals surface area contributed by atoms with Gasteiger partial charge < -0.3 is 10.6 Å². The van der Waals surface area contributed by atoms with E-state index in [-0.39, 0.29) is 12.1 Å². The highest BCUT2D eigenvalue weighted by Crippen LogP contribution is 2.33. The Labute approximate surface area is 124 Å². The predicted octanol–water partition coefficient (Wildman–Crippen LogP) is 2.85. The van der Waals surface area contributed by atoms with E-state index >= 15 is 0 Å². The maximum atomic E-state index is 11.8. The normalized spacial score (nSPS) is 18.7. The molecule has 1 unspecified atom stereocenters.